The molecule has 4 rings (SSSR count). The van der Waals surface area contributed by atoms with Crippen LogP contribution in [-0.2, 0) is 32.5 Å². The number of rotatable bonds is 2. The first-order chi connectivity index (χ1) is 10.2. The molecule has 3 heterocycles. The molecule has 0 spiro atoms. The largest absolute Gasteiger partial charge is 0.308 e. The Morgan fingerprint density at radius 1 is 1.33 bits per heavy atom. The summed E-state index contributed by atoms with van der Waals surface area (Å²) in [6.07, 6.45) is 4.52. The molecule has 0 saturated carbocycles. The molecule has 21 heavy (non-hydrogen) atoms. The molecule has 0 saturated heterocycles. The van der Waals surface area contributed by atoms with E-state index in [0.717, 1.165) is 44.9 Å². The maximum atomic E-state index is 12.3. The van der Waals surface area contributed by atoms with Gasteiger partial charge in [-0.05, 0) is 48.6 Å². The van der Waals surface area contributed by atoms with Crippen molar-refractivity contribution in [1.82, 2.24) is 9.47 Å². The molecule has 0 N–H and O–H groups in total. The number of aromatic nitrogens is 1. The molecule has 112 valence electrons. The van der Waals surface area contributed by atoms with Crippen LogP contribution in [0.1, 0.15) is 34.4 Å². The minimum atomic E-state index is 0.241. The van der Waals surface area contributed by atoms with Crippen LogP contribution < -0.4 is 4.87 Å². The van der Waals surface area contributed by atoms with Crippen LogP contribution in [0.5, 0.6) is 0 Å². The molecule has 1 atom stereocenters. The van der Waals surface area contributed by atoms with Crippen LogP contribution in [-0.4, -0.2) is 16.0 Å². The zero-order valence-corrected chi connectivity index (χ0v) is 13.9. The van der Waals surface area contributed by atoms with Gasteiger partial charge in [0.25, 0.3) is 0 Å². The number of thiazole rings is 1. The summed E-state index contributed by atoms with van der Waals surface area (Å²) in [5.74, 6) is 0.729. The summed E-state index contributed by atoms with van der Waals surface area (Å²) in [4.78, 5) is 17.9. The van der Waals surface area contributed by atoms with Crippen LogP contribution in [0, 0.1) is 5.92 Å². The summed E-state index contributed by atoms with van der Waals surface area (Å²) in [5, 5.41) is 2.19. The van der Waals surface area contributed by atoms with Crippen molar-refractivity contribution in [2.24, 2.45) is 5.92 Å². The van der Waals surface area contributed by atoms with E-state index in [1.807, 2.05) is 15.9 Å². The smallest absolute Gasteiger partial charge is 0.289 e. The Kier molecular flexibility index (Phi) is 3.52. The second-order valence-electron chi connectivity index (χ2n) is 6.33. The van der Waals surface area contributed by atoms with Gasteiger partial charge in [-0.2, -0.15) is 0 Å². The molecule has 1 aliphatic carbocycles. The predicted octanol–water partition coefficient (Wildman–Crippen LogP) is 3.11. The average molecular weight is 320 g/mol. The summed E-state index contributed by atoms with van der Waals surface area (Å²) >= 11 is 3.35. The van der Waals surface area contributed by atoms with E-state index in [2.05, 4.69) is 23.3 Å². The van der Waals surface area contributed by atoms with Crippen LogP contribution in [0.25, 0.3) is 0 Å². The Labute approximate surface area is 132 Å². The molecular weight excluding hydrogens is 300 g/mol. The maximum absolute atomic E-state index is 12.3. The fraction of sp³-hybridized carbons (Fsp3) is 0.562. The quantitative estimate of drug-likeness (QED) is 0.849. The standard InChI is InChI=1S/C16H20N2OS2/c1-11-2-3-13-15(8-11)21-16(19)18(13)10-17-6-4-14-12(9-17)5-7-20-14/h5,7,11H,2-4,6,8-10H2,1H3/t11-/m0/s1. The van der Waals surface area contributed by atoms with Gasteiger partial charge in [-0.3, -0.25) is 14.3 Å². The second kappa shape index (κ2) is 5.38. The van der Waals surface area contributed by atoms with Crippen molar-refractivity contribution in [3.8, 4) is 0 Å². The molecule has 3 nitrogen and oxygen atoms in total. The molecule has 2 aromatic heterocycles. The molecule has 1 aliphatic heterocycles. The van der Waals surface area contributed by atoms with Crippen LogP contribution >= 0.6 is 22.7 Å². The van der Waals surface area contributed by atoms with Gasteiger partial charge < -0.3 is 0 Å². The van der Waals surface area contributed by atoms with E-state index in [1.165, 1.54) is 38.8 Å². The van der Waals surface area contributed by atoms with E-state index >= 15 is 0 Å². The van der Waals surface area contributed by atoms with Gasteiger partial charge in [-0.1, -0.05) is 18.3 Å². The minimum absolute atomic E-state index is 0.241. The van der Waals surface area contributed by atoms with Crippen molar-refractivity contribution in [3.63, 3.8) is 0 Å². The van der Waals surface area contributed by atoms with Crippen molar-refractivity contribution in [2.45, 2.75) is 45.8 Å². The molecule has 0 aromatic carbocycles. The predicted molar refractivity (Wildman–Crippen MR) is 88.2 cm³/mol. The number of nitrogens with zero attached hydrogens (tertiary/aromatic N) is 2. The zero-order valence-electron chi connectivity index (χ0n) is 12.3. The number of thiophene rings is 1. The topological polar surface area (TPSA) is 25.2 Å². The summed E-state index contributed by atoms with van der Waals surface area (Å²) < 4.78 is 2.04. The summed E-state index contributed by atoms with van der Waals surface area (Å²) in [6, 6.07) is 2.24. The van der Waals surface area contributed by atoms with Crippen molar-refractivity contribution in [2.75, 3.05) is 6.54 Å². The Hall–Kier alpha value is -0.910. The molecule has 2 aromatic rings. The molecule has 0 bridgehead atoms. The summed E-state index contributed by atoms with van der Waals surface area (Å²) in [7, 11) is 0. The Morgan fingerprint density at radius 2 is 2.24 bits per heavy atom. The third-order valence-electron chi connectivity index (χ3n) is 4.71. The van der Waals surface area contributed by atoms with Crippen LogP contribution in [0.3, 0.4) is 0 Å². The van der Waals surface area contributed by atoms with Crippen LogP contribution in [0.2, 0.25) is 0 Å². The number of hydrogen-bond donors (Lipinski definition) is 0. The second-order valence-corrected chi connectivity index (χ2v) is 8.37. The Morgan fingerprint density at radius 3 is 3.14 bits per heavy atom. The van der Waals surface area contributed by atoms with E-state index in [9.17, 15) is 4.79 Å². The first kappa shape index (κ1) is 13.7. The molecule has 2 aliphatic rings. The highest BCUT2D eigenvalue weighted by molar-refractivity contribution is 7.10. The highest BCUT2D eigenvalue weighted by Gasteiger charge is 2.24. The third kappa shape index (κ3) is 2.51. The third-order valence-corrected chi connectivity index (χ3v) is 6.78. The lowest BCUT2D eigenvalue weighted by Gasteiger charge is -2.28. The Balaban J connectivity index is 1.57. The summed E-state index contributed by atoms with van der Waals surface area (Å²) in [6.45, 7) is 5.13. The van der Waals surface area contributed by atoms with Gasteiger partial charge in [0.05, 0.1) is 6.67 Å². The molecule has 0 radical (unpaired) electrons. The summed E-state index contributed by atoms with van der Waals surface area (Å²) in [5.41, 5.74) is 2.77. The molecule has 0 amide bonds. The van der Waals surface area contributed by atoms with Gasteiger partial charge in [-0.25, -0.2) is 0 Å². The SMILES string of the molecule is C[C@H]1CCc2c(sc(=O)n2CN2CCc3sccc3C2)C1. The fourth-order valence-electron chi connectivity index (χ4n) is 3.49. The van der Waals surface area contributed by atoms with Crippen LogP contribution in [0.4, 0.5) is 0 Å². The lowest BCUT2D eigenvalue weighted by atomic mass is 9.93. The minimum Gasteiger partial charge on any atom is -0.289 e. The van der Waals surface area contributed by atoms with E-state index in [1.54, 1.807) is 0 Å². The van der Waals surface area contributed by atoms with Gasteiger partial charge in [0.15, 0.2) is 0 Å². The van der Waals surface area contributed by atoms with Crippen molar-refractivity contribution in [3.05, 3.63) is 42.1 Å². The number of hydrogen-bond acceptors (Lipinski definition) is 4. The van der Waals surface area contributed by atoms with E-state index in [0.29, 0.717) is 0 Å². The highest BCUT2D eigenvalue weighted by atomic mass is 32.1. The number of fused-ring (bicyclic) bond motifs is 2. The van der Waals surface area contributed by atoms with E-state index < -0.39 is 0 Å². The van der Waals surface area contributed by atoms with E-state index in [4.69, 9.17) is 0 Å². The monoisotopic (exact) mass is 320 g/mol. The molecule has 0 unspecified atom stereocenters. The first-order valence-electron chi connectivity index (χ1n) is 7.69. The highest BCUT2D eigenvalue weighted by Crippen LogP contribution is 2.28. The molecule has 5 heteroatoms. The van der Waals surface area contributed by atoms with Crippen molar-refractivity contribution < 1.29 is 0 Å². The normalized spacial score (nSPS) is 22.0. The fourth-order valence-corrected chi connectivity index (χ4v) is 5.56. The Bertz CT molecular complexity index is 712. The van der Waals surface area contributed by atoms with Gasteiger partial charge in [0, 0.05) is 28.5 Å². The van der Waals surface area contributed by atoms with Crippen molar-refractivity contribution >= 4 is 22.7 Å². The van der Waals surface area contributed by atoms with Gasteiger partial charge >= 0.3 is 4.87 Å². The average Bonchev–Trinajstić information content (AvgIpc) is 3.03. The first-order valence-corrected chi connectivity index (χ1v) is 9.39. The molecule has 0 fully saturated rings. The van der Waals surface area contributed by atoms with E-state index in [-0.39, 0.29) is 4.87 Å². The van der Waals surface area contributed by atoms with Crippen LogP contribution in [0.15, 0.2) is 16.2 Å². The van der Waals surface area contributed by atoms with Gasteiger partial charge in [-0.15, -0.1) is 11.3 Å². The maximum Gasteiger partial charge on any atom is 0.308 e. The van der Waals surface area contributed by atoms with Gasteiger partial charge in [0.2, 0.25) is 0 Å². The lowest BCUT2D eigenvalue weighted by molar-refractivity contribution is 0.196. The van der Waals surface area contributed by atoms with Gasteiger partial charge in [0.1, 0.15) is 0 Å². The zero-order chi connectivity index (χ0) is 14.4. The molecular formula is C16H20N2OS2. The van der Waals surface area contributed by atoms with Crippen molar-refractivity contribution in [1.29, 1.82) is 0 Å². The lowest BCUT2D eigenvalue weighted by Crippen LogP contribution is -2.35.